The number of benzene rings is 2. The summed E-state index contributed by atoms with van der Waals surface area (Å²) >= 11 is 6.04. The molecule has 3 rings (SSSR count). The summed E-state index contributed by atoms with van der Waals surface area (Å²) in [4.78, 5) is 4.68. The maximum Gasteiger partial charge on any atom is 0.191 e. The number of nitrogens with one attached hydrogen (secondary N) is 2. The quantitative estimate of drug-likeness (QED) is 0.517. The van der Waals surface area contributed by atoms with E-state index < -0.39 is 9.84 Å². The van der Waals surface area contributed by atoms with Crippen LogP contribution in [0, 0.1) is 0 Å². The first-order chi connectivity index (χ1) is 13.8. The molecule has 1 aliphatic rings. The molecule has 0 atom stereocenters. The maximum atomic E-state index is 11.5. The van der Waals surface area contributed by atoms with Crippen LogP contribution in [0.4, 0.5) is 0 Å². The Kier molecular flexibility index (Phi) is 6.85. The minimum Gasteiger partial charge on any atom is -0.356 e. The Morgan fingerprint density at radius 1 is 1.07 bits per heavy atom. The van der Waals surface area contributed by atoms with Crippen LogP contribution in [0.2, 0.25) is 5.02 Å². The summed E-state index contributed by atoms with van der Waals surface area (Å²) in [6.07, 6.45) is 5.56. The topological polar surface area (TPSA) is 70.6 Å². The Balaban J connectivity index is 1.51. The van der Waals surface area contributed by atoms with Gasteiger partial charge in [-0.25, -0.2) is 8.42 Å². The van der Waals surface area contributed by atoms with Crippen LogP contribution in [0.1, 0.15) is 30.4 Å². The molecule has 0 radical (unpaired) electrons. The Bertz CT molecular complexity index is 951. The van der Waals surface area contributed by atoms with E-state index in [-0.39, 0.29) is 5.41 Å². The summed E-state index contributed by atoms with van der Waals surface area (Å²) in [6, 6.07) is 15.2. The average Bonchev–Trinajstić information content (AvgIpc) is 2.66. The van der Waals surface area contributed by atoms with Gasteiger partial charge in [0, 0.05) is 36.8 Å². The van der Waals surface area contributed by atoms with E-state index in [1.54, 1.807) is 19.2 Å². The lowest BCUT2D eigenvalue weighted by molar-refractivity contribution is 0.244. The number of rotatable bonds is 7. The van der Waals surface area contributed by atoms with E-state index in [2.05, 4.69) is 27.8 Å². The molecule has 2 N–H and O–H groups in total. The number of halogens is 1. The molecule has 5 nitrogen and oxygen atoms in total. The van der Waals surface area contributed by atoms with E-state index in [9.17, 15) is 8.42 Å². The molecule has 0 unspecified atom stereocenters. The van der Waals surface area contributed by atoms with Gasteiger partial charge in [-0.2, -0.15) is 0 Å². The minimum atomic E-state index is -3.15. The second-order valence-corrected chi connectivity index (χ2v) is 10.1. The second-order valence-electron chi connectivity index (χ2n) is 7.66. The smallest absolute Gasteiger partial charge is 0.191 e. The van der Waals surface area contributed by atoms with Crippen molar-refractivity contribution < 1.29 is 8.42 Å². The third-order valence-corrected chi connectivity index (χ3v) is 7.02. The summed E-state index contributed by atoms with van der Waals surface area (Å²) in [5, 5.41) is 7.57. The van der Waals surface area contributed by atoms with Gasteiger partial charge < -0.3 is 10.6 Å². The van der Waals surface area contributed by atoms with Crippen LogP contribution in [0.25, 0.3) is 0 Å². The number of aliphatic imine (C=N–C) groups is 1. The second kappa shape index (κ2) is 9.18. The molecule has 1 fully saturated rings. The van der Waals surface area contributed by atoms with E-state index in [1.807, 2.05) is 24.3 Å². The summed E-state index contributed by atoms with van der Waals surface area (Å²) in [5.74, 6) is 0.776. The van der Waals surface area contributed by atoms with Crippen LogP contribution in [-0.2, 0) is 21.7 Å². The van der Waals surface area contributed by atoms with Crippen molar-refractivity contribution >= 4 is 27.4 Å². The van der Waals surface area contributed by atoms with Crippen molar-refractivity contribution in [3.05, 3.63) is 64.7 Å². The van der Waals surface area contributed by atoms with Gasteiger partial charge in [-0.15, -0.1) is 0 Å². The molecule has 1 aliphatic carbocycles. The van der Waals surface area contributed by atoms with E-state index in [4.69, 9.17) is 11.6 Å². The number of hydrogen-bond donors (Lipinski definition) is 2. The van der Waals surface area contributed by atoms with E-state index >= 15 is 0 Å². The van der Waals surface area contributed by atoms with Crippen molar-refractivity contribution in [2.75, 3.05) is 26.4 Å². The molecule has 0 saturated heterocycles. The van der Waals surface area contributed by atoms with Gasteiger partial charge in [-0.1, -0.05) is 42.3 Å². The summed E-state index contributed by atoms with van der Waals surface area (Å²) in [7, 11) is -1.38. The maximum absolute atomic E-state index is 11.5. The molecule has 2 aromatic rings. The molecule has 0 heterocycles. The molecule has 0 bridgehead atoms. The van der Waals surface area contributed by atoms with Crippen molar-refractivity contribution in [1.29, 1.82) is 0 Å². The predicted octanol–water partition coefficient (Wildman–Crippen LogP) is 3.57. The molecule has 7 heteroatoms. The highest BCUT2D eigenvalue weighted by molar-refractivity contribution is 7.90. The standard InChI is InChI=1S/C22H28ClN3O2S/c1-24-21(25-15-12-17-4-10-20(11-5-17)29(2,27)28)26-16-22(13-3-14-22)18-6-8-19(23)9-7-18/h4-11H,3,12-16H2,1-2H3,(H2,24,25,26). The van der Waals surface area contributed by atoms with Gasteiger partial charge in [0.25, 0.3) is 0 Å². The number of nitrogens with zero attached hydrogens (tertiary/aromatic N) is 1. The van der Waals surface area contributed by atoms with E-state index in [0.29, 0.717) is 11.4 Å². The van der Waals surface area contributed by atoms with Gasteiger partial charge in [-0.3, -0.25) is 4.99 Å². The largest absolute Gasteiger partial charge is 0.356 e. The van der Waals surface area contributed by atoms with Gasteiger partial charge in [0.1, 0.15) is 0 Å². The van der Waals surface area contributed by atoms with Crippen molar-refractivity contribution in [2.45, 2.75) is 36.0 Å². The number of guanidine groups is 1. The van der Waals surface area contributed by atoms with Gasteiger partial charge in [-0.05, 0) is 54.7 Å². The van der Waals surface area contributed by atoms with Crippen LogP contribution in [0.5, 0.6) is 0 Å². The SMILES string of the molecule is CN=C(NCCc1ccc(S(C)(=O)=O)cc1)NCC1(c2ccc(Cl)cc2)CCC1. The van der Waals surface area contributed by atoms with Crippen molar-refractivity contribution in [2.24, 2.45) is 4.99 Å². The molecule has 156 valence electrons. The lowest BCUT2D eigenvalue weighted by Gasteiger charge is -2.43. The first-order valence-corrected chi connectivity index (χ1v) is 12.1. The molecule has 0 spiro atoms. The van der Waals surface area contributed by atoms with Crippen LogP contribution < -0.4 is 10.6 Å². The summed E-state index contributed by atoms with van der Waals surface area (Å²) in [5.41, 5.74) is 2.54. The fourth-order valence-electron chi connectivity index (χ4n) is 3.68. The van der Waals surface area contributed by atoms with Crippen LogP contribution in [0.15, 0.2) is 58.4 Å². The number of hydrogen-bond acceptors (Lipinski definition) is 3. The highest BCUT2D eigenvalue weighted by Crippen LogP contribution is 2.43. The Morgan fingerprint density at radius 3 is 2.24 bits per heavy atom. The number of sulfone groups is 1. The monoisotopic (exact) mass is 433 g/mol. The molecule has 0 amide bonds. The molecule has 0 aliphatic heterocycles. The average molecular weight is 434 g/mol. The normalized spacial score (nSPS) is 16.2. The fourth-order valence-corrected chi connectivity index (χ4v) is 4.43. The lowest BCUT2D eigenvalue weighted by Crippen LogP contribution is -2.49. The van der Waals surface area contributed by atoms with Gasteiger partial charge >= 0.3 is 0 Å². The Hall–Kier alpha value is -2.05. The highest BCUT2D eigenvalue weighted by atomic mass is 35.5. The zero-order chi connectivity index (χ0) is 20.9. The predicted molar refractivity (Wildman–Crippen MR) is 120 cm³/mol. The lowest BCUT2D eigenvalue weighted by atomic mass is 9.64. The van der Waals surface area contributed by atoms with Crippen molar-refractivity contribution in [3.63, 3.8) is 0 Å². The Labute approximate surface area is 178 Å². The molecular weight excluding hydrogens is 406 g/mol. The molecule has 1 saturated carbocycles. The van der Waals surface area contributed by atoms with Crippen LogP contribution in [-0.4, -0.2) is 40.8 Å². The Morgan fingerprint density at radius 2 is 1.72 bits per heavy atom. The summed E-state index contributed by atoms with van der Waals surface area (Å²) in [6.45, 7) is 1.54. The summed E-state index contributed by atoms with van der Waals surface area (Å²) < 4.78 is 23.1. The van der Waals surface area contributed by atoms with Gasteiger partial charge in [0.15, 0.2) is 15.8 Å². The molecule has 0 aromatic heterocycles. The third kappa shape index (κ3) is 5.52. The van der Waals surface area contributed by atoms with Crippen LogP contribution >= 0.6 is 11.6 Å². The first-order valence-electron chi connectivity index (χ1n) is 9.82. The van der Waals surface area contributed by atoms with Gasteiger partial charge in [0.05, 0.1) is 4.90 Å². The third-order valence-electron chi connectivity index (χ3n) is 5.64. The van der Waals surface area contributed by atoms with E-state index in [0.717, 1.165) is 42.4 Å². The molecule has 2 aromatic carbocycles. The molecular formula is C22H28ClN3O2S. The highest BCUT2D eigenvalue weighted by Gasteiger charge is 2.38. The van der Waals surface area contributed by atoms with Crippen LogP contribution in [0.3, 0.4) is 0 Å². The van der Waals surface area contributed by atoms with Crippen molar-refractivity contribution in [1.82, 2.24) is 10.6 Å². The van der Waals surface area contributed by atoms with Crippen molar-refractivity contribution in [3.8, 4) is 0 Å². The minimum absolute atomic E-state index is 0.143. The fraction of sp³-hybridized carbons (Fsp3) is 0.409. The van der Waals surface area contributed by atoms with E-state index in [1.165, 1.54) is 18.2 Å². The molecule has 29 heavy (non-hydrogen) atoms. The first kappa shape index (κ1) is 21.7. The van der Waals surface area contributed by atoms with Gasteiger partial charge in [0.2, 0.25) is 0 Å². The zero-order valence-corrected chi connectivity index (χ0v) is 18.5. The zero-order valence-electron chi connectivity index (χ0n) is 16.9.